The Labute approximate surface area is 113 Å². The zero-order valence-corrected chi connectivity index (χ0v) is 10.9. The SMILES string of the molecule is O=C(O)Cc1nc(N2CC(CS(=O)(=O)F)CC2=O)n[nH]1. The Morgan fingerprint density at radius 3 is 2.85 bits per heavy atom. The van der Waals surface area contributed by atoms with Crippen molar-refractivity contribution >= 4 is 28.0 Å². The van der Waals surface area contributed by atoms with E-state index in [1.54, 1.807) is 0 Å². The fourth-order valence-electron chi connectivity index (χ4n) is 2.00. The van der Waals surface area contributed by atoms with Crippen LogP contribution in [0.25, 0.3) is 0 Å². The Balaban J connectivity index is 2.08. The minimum absolute atomic E-state index is 0.0215. The fraction of sp³-hybridized carbons (Fsp3) is 0.556. The normalized spacial score (nSPS) is 19.6. The molecule has 0 aromatic carbocycles. The van der Waals surface area contributed by atoms with Gasteiger partial charge in [0, 0.05) is 18.9 Å². The molecule has 1 aliphatic rings. The number of carboxylic acid groups (broad SMARTS) is 1. The number of amides is 1. The van der Waals surface area contributed by atoms with Crippen LogP contribution in [0.15, 0.2) is 0 Å². The first-order valence-corrected chi connectivity index (χ1v) is 7.15. The maximum Gasteiger partial charge on any atom is 0.311 e. The van der Waals surface area contributed by atoms with Crippen LogP contribution in [0.2, 0.25) is 0 Å². The second-order valence-electron chi connectivity index (χ2n) is 4.43. The van der Waals surface area contributed by atoms with E-state index < -0.39 is 33.8 Å². The number of carbonyl (C=O) groups excluding carboxylic acids is 1. The third kappa shape index (κ3) is 3.50. The van der Waals surface area contributed by atoms with E-state index in [9.17, 15) is 21.9 Å². The molecule has 1 saturated heterocycles. The van der Waals surface area contributed by atoms with Gasteiger partial charge in [0.2, 0.25) is 5.91 Å². The maximum absolute atomic E-state index is 12.6. The third-order valence-corrected chi connectivity index (χ3v) is 3.59. The number of carboxylic acids is 1. The Bertz CT molecular complexity index is 643. The first-order chi connectivity index (χ1) is 9.24. The second kappa shape index (κ2) is 5.15. The van der Waals surface area contributed by atoms with Crippen LogP contribution in [0.5, 0.6) is 0 Å². The molecule has 110 valence electrons. The number of H-pyrrole nitrogens is 1. The van der Waals surface area contributed by atoms with Crippen molar-refractivity contribution in [3.8, 4) is 0 Å². The molecule has 0 spiro atoms. The predicted octanol–water partition coefficient (Wildman–Crippen LogP) is -0.916. The standard InChI is InChI=1S/C9H11FN4O5S/c10-20(18,19)4-5-1-7(15)14(3-5)9-11-6(12-13-9)2-8(16)17/h5H,1-4H2,(H,16,17)(H,11,12,13). The van der Waals surface area contributed by atoms with Gasteiger partial charge in [0.15, 0.2) is 0 Å². The first kappa shape index (κ1) is 14.4. The van der Waals surface area contributed by atoms with Crippen LogP contribution in [0, 0.1) is 5.92 Å². The van der Waals surface area contributed by atoms with E-state index in [-0.39, 0.29) is 31.2 Å². The zero-order chi connectivity index (χ0) is 14.9. The fourth-order valence-corrected chi connectivity index (χ4v) is 2.78. The number of halogens is 1. The summed E-state index contributed by atoms with van der Waals surface area (Å²) >= 11 is 0. The summed E-state index contributed by atoms with van der Waals surface area (Å²) in [5, 5.41) is 14.7. The van der Waals surface area contributed by atoms with Crippen molar-refractivity contribution in [1.29, 1.82) is 0 Å². The molecule has 2 N–H and O–H groups in total. The van der Waals surface area contributed by atoms with Gasteiger partial charge in [-0.3, -0.25) is 19.6 Å². The number of aromatic nitrogens is 3. The summed E-state index contributed by atoms with van der Waals surface area (Å²) in [6.45, 7) is -0.0215. The van der Waals surface area contributed by atoms with Gasteiger partial charge >= 0.3 is 16.2 Å². The molecule has 1 aliphatic heterocycles. The van der Waals surface area contributed by atoms with Crippen LogP contribution >= 0.6 is 0 Å². The summed E-state index contributed by atoms with van der Waals surface area (Å²) in [5.41, 5.74) is 0. The van der Waals surface area contributed by atoms with Crippen molar-refractivity contribution in [2.24, 2.45) is 5.92 Å². The van der Waals surface area contributed by atoms with Crippen molar-refractivity contribution in [2.45, 2.75) is 12.8 Å². The maximum atomic E-state index is 12.6. The number of rotatable bonds is 5. The Kier molecular flexibility index (Phi) is 3.70. The molecule has 0 bridgehead atoms. The molecule has 0 radical (unpaired) electrons. The van der Waals surface area contributed by atoms with Gasteiger partial charge in [0.05, 0.1) is 5.75 Å². The predicted molar refractivity (Wildman–Crippen MR) is 63.1 cm³/mol. The van der Waals surface area contributed by atoms with Crippen molar-refractivity contribution in [3.63, 3.8) is 0 Å². The minimum Gasteiger partial charge on any atom is -0.481 e. The highest BCUT2D eigenvalue weighted by atomic mass is 32.3. The van der Waals surface area contributed by atoms with E-state index in [4.69, 9.17) is 5.11 Å². The first-order valence-electron chi connectivity index (χ1n) is 5.60. The van der Waals surface area contributed by atoms with Gasteiger partial charge in [0.1, 0.15) is 12.2 Å². The molecule has 9 nitrogen and oxygen atoms in total. The van der Waals surface area contributed by atoms with E-state index in [2.05, 4.69) is 15.2 Å². The zero-order valence-electron chi connectivity index (χ0n) is 10.1. The van der Waals surface area contributed by atoms with Crippen molar-refractivity contribution in [2.75, 3.05) is 17.2 Å². The Hall–Kier alpha value is -2.04. The number of aromatic amines is 1. The largest absolute Gasteiger partial charge is 0.481 e. The molecule has 1 aromatic heterocycles. The molecule has 1 fully saturated rings. The van der Waals surface area contributed by atoms with E-state index in [1.807, 2.05) is 0 Å². The van der Waals surface area contributed by atoms with Crippen LogP contribution in [-0.4, -0.2) is 52.9 Å². The quantitative estimate of drug-likeness (QED) is 0.672. The van der Waals surface area contributed by atoms with Gasteiger partial charge < -0.3 is 5.11 Å². The van der Waals surface area contributed by atoms with Gasteiger partial charge in [-0.1, -0.05) is 0 Å². The number of carbonyl (C=O) groups is 2. The summed E-state index contributed by atoms with van der Waals surface area (Å²) in [6.07, 6.45) is -0.497. The second-order valence-corrected chi connectivity index (χ2v) is 5.84. The minimum atomic E-state index is -4.65. The van der Waals surface area contributed by atoms with Gasteiger partial charge in [-0.2, -0.15) is 13.4 Å². The highest BCUT2D eigenvalue weighted by Crippen LogP contribution is 2.23. The average Bonchev–Trinajstić information content (AvgIpc) is 2.82. The molecule has 11 heteroatoms. The molecule has 20 heavy (non-hydrogen) atoms. The lowest BCUT2D eigenvalue weighted by molar-refractivity contribution is -0.136. The van der Waals surface area contributed by atoms with Crippen LogP contribution in [0.4, 0.5) is 9.83 Å². The summed E-state index contributed by atoms with van der Waals surface area (Å²) in [7, 11) is -4.65. The number of aliphatic carboxylic acids is 1. The van der Waals surface area contributed by atoms with Gasteiger partial charge in [-0.15, -0.1) is 8.98 Å². The van der Waals surface area contributed by atoms with Crippen LogP contribution in [0.3, 0.4) is 0 Å². The number of nitrogens with zero attached hydrogens (tertiary/aromatic N) is 3. The van der Waals surface area contributed by atoms with Gasteiger partial charge in [0.25, 0.3) is 5.95 Å². The van der Waals surface area contributed by atoms with E-state index in [1.165, 1.54) is 0 Å². The number of hydrogen-bond acceptors (Lipinski definition) is 6. The lowest BCUT2D eigenvalue weighted by Gasteiger charge is -2.10. The average molecular weight is 306 g/mol. The number of anilines is 1. The van der Waals surface area contributed by atoms with E-state index >= 15 is 0 Å². The highest BCUT2D eigenvalue weighted by Gasteiger charge is 2.35. The van der Waals surface area contributed by atoms with E-state index in [0.29, 0.717) is 0 Å². The molecule has 1 unspecified atom stereocenters. The Morgan fingerprint density at radius 2 is 2.25 bits per heavy atom. The van der Waals surface area contributed by atoms with Crippen LogP contribution in [-0.2, 0) is 26.2 Å². The van der Waals surface area contributed by atoms with Crippen molar-refractivity contribution < 1.29 is 27.0 Å². The van der Waals surface area contributed by atoms with Crippen molar-refractivity contribution in [1.82, 2.24) is 15.2 Å². The summed E-state index contributed by atoms with van der Waals surface area (Å²) < 4.78 is 33.7. The Morgan fingerprint density at radius 1 is 1.55 bits per heavy atom. The van der Waals surface area contributed by atoms with Gasteiger partial charge in [-0.05, 0) is 0 Å². The monoisotopic (exact) mass is 306 g/mol. The number of hydrogen-bond donors (Lipinski definition) is 2. The van der Waals surface area contributed by atoms with Crippen molar-refractivity contribution in [3.05, 3.63) is 5.82 Å². The van der Waals surface area contributed by atoms with Gasteiger partial charge in [-0.25, -0.2) is 0 Å². The summed E-state index contributed by atoms with van der Waals surface area (Å²) in [4.78, 5) is 27.1. The topological polar surface area (TPSA) is 133 Å². The molecule has 0 saturated carbocycles. The lowest BCUT2D eigenvalue weighted by atomic mass is 10.1. The molecule has 1 aromatic rings. The molecule has 2 rings (SSSR count). The summed E-state index contributed by atoms with van der Waals surface area (Å²) in [6, 6.07) is 0. The van der Waals surface area contributed by atoms with E-state index in [0.717, 1.165) is 4.90 Å². The summed E-state index contributed by atoms with van der Waals surface area (Å²) in [5.74, 6) is -2.91. The molecular weight excluding hydrogens is 295 g/mol. The third-order valence-electron chi connectivity index (χ3n) is 2.72. The molecule has 1 amide bonds. The number of nitrogens with one attached hydrogen (secondary N) is 1. The molecule has 0 aliphatic carbocycles. The smallest absolute Gasteiger partial charge is 0.311 e. The molecule has 1 atom stereocenters. The lowest BCUT2D eigenvalue weighted by Crippen LogP contribution is -2.26. The van der Waals surface area contributed by atoms with Crippen LogP contribution in [0.1, 0.15) is 12.2 Å². The molecular formula is C9H11FN4O5S. The van der Waals surface area contributed by atoms with Crippen LogP contribution < -0.4 is 4.90 Å². The molecule has 2 heterocycles. The highest BCUT2D eigenvalue weighted by molar-refractivity contribution is 7.86.